The maximum atomic E-state index is 12.9. The summed E-state index contributed by atoms with van der Waals surface area (Å²) < 4.78 is 18.9. The highest BCUT2D eigenvalue weighted by Gasteiger charge is 2.05. The van der Waals surface area contributed by atoms with E-state index in [4.69, 9.17) is 4.42 Å². The van der Waals surface area contributed by atoms with Crippen molar-refractivity contribution >= 4 is 22.6 Å². The van der Waals surface area contributed by atoms with Gasteiger partial charge in [0.15, 0.2) is 0 Å². The van der Waals surface area contributed by atoms with Crippen LogP contribution in [0, 0.1) is 5.82 Å². The molecule has 2 aromatic rings. The lowest BCUT2D eigenvalue weighted by Crippen LogP contribution is -1.81. The lowest BCUT2D eigenvalue weighted by molar-refractivity contribution is 0.571. The monoisotopic (exact) mass is 303 g/mol. The molecule has 0 unspecified atom stereocenters. The lowest BCUT2D eigenvalue weighted by atomic mass is 10.2. The number of nitrogens with zero attached hydrogens (tertiary/aromatic N) is 1. The summed E-state index contributed by atoms with van der Waals surface area (Å²) in [4.78, 5) is 4.20. The maximum Gasteiger partial charge on any atom is 0.226 e. The van der Waals surface area contributed by atoms with E-state index in [0.29, 0.717) is 11.5 Å². The van der Waals surface area contributed by atoms with Gasteiger partial charge < -0.3 is 4.42 Å². The fourth-order valence-corrected chi connectivity index (χ4v) is 1.47. The molecule has 2 rings (SSSR count). The van der Waals surface area contributed by atoms with Gasteiger partial charge in [0.05, 0.1) is 5.69 Å². The second-order valence-electron chi connectivity index (χ2n) is 2.79. The third kappa shape index (κ3) is 1.95. The molecular formula is C10H7FINO. The molecule has 0 fully saturated rings. The normalized spacial score (nSPS) is 10.4. The molecule has 0 N–H and O–H groups in total. The van der Waals surface area contributed by atoms with Crippen LogP contribution in [0.15, 0.2) is 34.9 Å². The number of alkyl halides is 1. The summed E-state index contributed by atoms with van der Waals surface area (Å²) in [5.74, 6) is 0.188. The molecule has 0 bridgehead atoms. The molecule has 4 heteroatoms. The van der Waals surface area contributed by atoms with Gasteiger partial charge in [-0.2, -0.15) is 0 Å². The minimum Gasteiger partial charge on any atom is -0.444 e. The van der Waals surface area contributed by atoms with Crippen LogP contribution in [-0.4, -0.2) is 4.98 Å². The molecule has 0 saturated heterocycles. The van der Waals surface area contributed by atoms with Gasteiger partial charge in [-0.3, -0.25) is 0 Å². The van der Waals surface area contributed by atoms with Gasteiger partial charge in [0.25, 0.3) is 0 Å². The summed E-state index contributed by atoms with van der Waals surface area (Å²) in [6.45, 7) is 0. The molecule has 0 amide bonds. The second kappa shape index (κ2) is 4.08. The van der Waals surface area contributed by atoms with E-state index in [1.165, 1.54) is 12.1 Å². The minimum absolute atomic E-state index is 0.281. The predicted molar refractivity (Wildman–Crippen MR) is 59.6 cm³/mol. The van der Waals surface area contributed by atoms with E-state index >= 15 is 0 Å². The van der Waals surface area contributed by atoms with Crippen molar-refractivity contribution in [3.63, 3.8) is 0 Å². The topological polar surface area (TPSA) is 26.0 Å². The Balaban J connectivity index is 2.39. The van der Waals surface area contributed by atoms with Crippen molar-refractivity contribution in [2.45, 2.75) is 4.43 Å². The summed E-state index contributed by atoms with van der Waals surface area (Å²) in [5, 5.41) is 0. The Labute approximate surface area is 94.3 Å². The number of benzene rings is 1. The van der Waals surface area contributed by atoms with Crippen LogP contribution in [0.5, 0.6) is 0 Å². The Bertz CT molecular complexity index is 441. The van der Waals surface area contributed by atoms with Gasteiger partial charge in [-0.05, 0) is 18.2 Å². The predicted octanol–water partition coefficient (Wildman–Crippen LogP) is 3.42. The van der Waals surface area contributed by atoms with Crippen LogP contribution in [0.3, 0.4) is 0 Å². The summed E-state index contributed by atoms with van der Waals surface area (Å²) in [7, 11) is 0. The fourth-order valence-electron chi connectivity index (χ4n) is 1.12. The maximum absolute atomic E-state index is 12.9. The third-order valence-corrected chi connectivity index (χ3v) is 2.54. The van der Waals surface area contributed by atoms with Crippen molar-refractivity contribution in [2.75, 3.05) is 0 Å². The van der Waals surface area contributed by atoms with Gasteiger partial charge in [0.1, 0.15) is 12.1 Å². The molecule has 14 heavy (non-hydrogen) atoms. The zero-order chi connectivity index (χ0) is 9.97. The van der Waals surface area contributed by atoms with Crippen LogP contribution >= 0.6 is 22.6 Å². The van der Waals surface area contributed by atoms with Crippen molar-refractivity contribution in [1.82, 2.24) is 4.98 Å². The standard InChI is InChI=1S/C10H7FINO/c11-8-3-1-2-7(4-8)10-13-9(5-12)6-14-10/h1-4,6H,5H2. The van der Waals surface area contributed by atoms with Crippen LogP contribution in [-0.2, 0) is 4.43 Å². The number of aromatic nitrogens is 1. The molecule has 0 aliphatic heterocycles. The average Bonchev–Trinajstić information content (AvgIpc) is 2.66. The molecule has 1 heterocycles. The van der Waals surface area contributed by atoms with Gasteiger partial charge in [-0.15, -0.1) is 0 Å². The SMILES string of the molecule is Fc1cccc(-c2nc(CI)co2)c1. The van der Waals surface area contributed by atoms with Crippen molar-refractivity contribution in [3.05, 3.63) is 42.0 Å². The first kappa shape index (κ1) is 9.64. The van der Waals surface area contributed by atoms with Crippen LogP contribution in [0.1, 0.15) is 5.69 Å². The molecule has 0 radical (unpaired) electrons. The highest BCUT2D eigenvalue weighted by molar-refractivity contribution is 14.1. The Hall–Kier alpha value is -0.910. The first-order chi connectivity index (χ1) is 6.79. The molecule has 0 aliphatic rings. The summed E-state index contributed by atoms with van der Waals surface area (Å²) in [6.07, 6.45) is 1.59. The number of hydrogen-bond donors (Lipinski definition) is 0. The van der Waals surface area contributed by atoms with E-state index in [-0.39, 0.29) is 5.82 Å². The van der Waals surface area contributed by atoms with E-state index < -0.39 is 0 Å². The van der Waals surface area contributed by atoms with Gasteiger partial charge in [-0.1, -0.05) is 28.7 Å². The quantitative estimate of drug-likeness (QED) is 0.627. The van der Waals surface area contributed by atoms with Crippen LogP contribution < -0.4 is 0 Å². The zero-order valence-corrected chi connectivity index (χ0v) is 9.36. The van der Waals surface area contributed by atoms with E-state index in [0.717, 1.165) is 10.1 Å². The average molecular weight is 303 g/mol. The van der Waals surface area contributed by atoms with Crippen LogP contribution in [0.4, 0.5) is 4.39 Å². The van der Waals surface area contributed by atoms with Crippen LogP contribution in [0.2, 0.25) is 0 Å². The number of oxazole rings is 1. The number of rotatable bonds is 2. The van der Waals surface area contributed by atoms with Gasteiger partial charge in [0.2, 0.25) is 5.89 Å². The van der Waals surface area contributed by atoms with Crippen molar-refractivity contribution in [3.8, 4) is 11.5 Å². The molecule has 0 aliphatic carbocycles. The molecule has 72 valence electrons. The first-order valence-corrected chi connectivity index (χ1v) is 5.58. The fraction of sp³-hybridized carbons (Fsp3) is 0.100. The Kier molecular flexibility index (Phi) is 2.81. The zero-order valence-electron chi connectivity index (χ0n) is 7.21. The molecule has 0 saturated carbocycles. The number of halogens is 2. The summed E-state index contributed by atoms with van der Waals surface area (Å²) in [5.41, 5.74) is 1.53. The van der Waals surface area contributed by atoms with Gasteiger partial charge in [-0.25, -0.2) is 9.37 Å². The Morgan fingerprint density at radius 1 is 1.43 bits per heavy atom. The molecular weight excluding hydrogens is 296 g/mol. The first-order valence-electron chi connectivity index (χ1n) is 4.06. The highest BCUT2D eigenvalue weighted by atomic mass is 127. The van der Waals surface area contributed by atoms with Crippen molar-refractivity contribution in [2.24, 2.45) is 0 Å². The Morgan fingerprint density at radius 3 is 2.93 bits per heavy atom. The molecule has 1 aromatic heterocycles. The van der Waals surface area contributed by atoms with Crippen LogP contribution in [0.25, 0.3) is 11.5 Å². The summed E-state index contributed by atoms with van der Waals surface area (Å²) >= 11 is 2.20. The van der Waals surface area contributed by atoms with Gasteiger partial charge in [0, 0.05) is 9.99 Å². The largest absolute Gasteiger partial charge is 0.444 e. The molecule has 2 nitrogen and oxygen atoms in total. The third-order valence-electron chi connectivity index (χ3n) is 1.76. The van der Waals surface area contributed by atoms with Gasteiger partial charge >= 0.3 is 0 Å². The van der Waals surface area contributed by atoms with Crippen molar-refractivity contribution < 1.29 is 8.81 Å². The smallest absolute Gasteiger partial charge is 0.226 e. The second-order valence-corrected chi connectivity index (χ2v) is 3.55. The Morgan fingerprint density at radius 2 is 2.29 bits per heavy atom. The molecule has 0 spiro atoms. The highest BCUT2D eigenvalue weighted by Crippen LogP contribution is 2.20. The van der Waals surface area contributed by atoms with E-state index in [1.807, 2.05) is 0 Å². The van der Waals surface area contributed by atoms with E-state index in [1.54, 1.807) is 18.4 Å². The lowest BCUT2D eigenvalue weighted by Gasteiger charge is -1.93. The minimum atomic E-state index is -0.281. The molecule has 0 atom stereocenters. The molecule has 1 aromatic carbocycles. The van der Waals surface area contributed by atoms with Crippen molar-refractivity contribution in [1.29, 1.82) is 0 Å². The number of hydrogen-bond acceptors (Lipinski definition) is 2. The van der Waals surface area contributed by atoms with E-state index in [9.17, 15) is 4.39 Å². The summed E-state index contributed by atoms with van der Waals surface area (Å²) in [6, 6.07) is 6.21. The van der Waals surface area contributed by atoms with E-state index in [2.05, 4.69) is 27.6 Å².